The van der Waals surface area contributed by atoms with E-state index in [1.54, 1.807) is 0 Å². The summed E-state index contributed by atoms with van der Waals surface area (Å²) >= 11 is 0. The molecule has 2 N–H and O–H groups in total. The van der Waals surface area contributed by atoms with Crippen LogP contribution in [0.2, 0.25) is 0 Å². The molecule has 1 aliphatic heterocycles. The van der Waals surface area contributed by atoms with Crippen LogP contribution in [0.3, 0.4) is 0 Å². The fourth-order valence-corrected chi connectivity index (χ4v) is 3.81. The highest BCUT2D eigenvalue weighted by molar-refractivity contribution is 5.95. The Morgan fingerprint density at radius 2 is 1.90 bits per heavy atom. The van der Waals surface area contributed by atoms with E-state index in [4.69, 9.17) is 5.11 Å². The van der Waals surface area contributed by atoms with Gasteiger partial charge in [0, 0.05) is 6.42 Å². The van der Waals surface area contributed by atoms with Crippen LogP contribution in [0.4, 0.5) is 23.2 Å². The number of carboxylic acid groups (broad SMARTS) is 1. The van der Waals surface area contributed by atoms with Crippen molar-refractivity contribution in [3.8, 4) is 0 Å². The monoisotopic (exact) mass is 432 g/mol. The SMILES string of the molecule is CCC1CCN([C@H](C(=O)Nc2cc(CCC(=O)O)ccc2F)C(C)C(F)(F)F)CC1. The van der Waals surface area contributed by atoms with Gasteiger partial charge in [0.05, 0.1) is 11.6 Å². The lowest BCUT2D eigenvalue weighted by molar-refractivity contribution is -0.189. The zero-order valence-corrected chi connectivity index (χ0v) is 17.1. The van der Waals surface area contributed by atoms with Crippen LogP contribution in [-0.2, 0) is 16.0 Å². The predicted octanol–water partition coefficient (Wildman–Crippen LogP) is 4.47. The van der Waals surface area contributed by atoms with Crippen LogP contribution in [0.25, 0.3) is 0 Å². The van der Waals surface area contributed by atoms with Crippen molar-refractivity contribution >= 4 is 17.6 Å². The van der Waals surface area contributed by atoms with Crippen LogP contribution in [-0.4, -0.2) is 47.2 Å². The maximum Gasteiger partial charge on any atom is 0.393 e. The van der Waals surface area contributed by atoms with E-state index in [0.717, 1.165) is 19.4 Å². The number of carboxylic acids is 1. The number of alkyl halides is 3. The molecule has 1 aromatic carbocycles. The number of benzene rings is 1. The quantitative estimate of drug-likeness (QED) is 0.595. The van der Waals surface area contributed by atoms with Crippen LogP contribution in [0.1, 0.15) is 45.1 Å². The smallest absolute Gasteiger partial charge is 0.393 e. The number of halogens is 4. The van der Waals surface area contributed by atoms with Crippen molar-refractivity contribution < 1.29 is 32.3 Å². The minimum Gasteiger partial charge on any atom is -0.481 e. The van der Waals surface area contributed by atoms with Crippen molar-refractivity contribution in [1.29, 1.82) is 0 Å². The molecule has 0 aliphatic carbocycles. The number of piperidine rings is 1. The highest BCUT2D eigenvalue weighted by Crippen LogP contribution is 2.34. The molecule has 0 bridgehead atoms. The molecule has 0 spiro atoms. The van der Waals surface area contributed by atoms with E-state index in [0.29, 0.717) is 37.4 Å². The minimum absolute atomic E-state index is 0.116. The summed E-state index contributed by atoms with van der Waals surface area (Å²) in [6.07, 6.45) is -2.28. The molecule has 2 rings (SSSR count). The Morgan fingerprint density at radius 1 is 1.27 bits per heavy atom. The number of carbonyl (C=O) groups excluding carboxylic acids is 1. The average Bonchev–Trinajstić information content (AvgIpc) is 2.68. The fraction of sp³-hybridized carbons (Fsp3) is 0.619. The molecular weight excluding hydrogens is 404 g/mol. The molecule has 1 heterocycles. The third kappa shape index (κ3) is 6.42. The molecule has 1 unspecified atom stereocenters. The number of nitrogens with one attached hydrogen (secondary N) is 1. The minimum atomic E-state index is -4.58. The number of rotatable bonds is 8. The number of anilines is 1. The third-order valence-corrected chi connectivity index (χ3v) is 5.79. The molecule has 5 nitrogen and oxygen atoms in total. The first-order valence-corrected chi connectivity index (χ1v) is 10.1. The first-order chi connectivity index (χ1) is 14.0. The summed E-state index contributed by atoms with van der Waals surface area (Å²) < 4.78 is 54.6. The third-order valence-electron chi connectivity index (χ3n) is 5.79. The summed E-state index contributed by atoms with van der Waals surface area (Å²) in [4.78, 5) is 25.1. The molecule has 0 radical (unpaired) electrons. The Morgan fingerprint density at radius 3 is 2.43 bits per heavy atom. The van der Waals surface area contributed by atoms with Gasteiger partial charge in [-0.3, -0.25) is 14.5 Å². The summed E-state index contributed by atoms with van der Waals surface area (Å²) in [7, 11) is 0. The normalized spacial score (nSPS) is 18.1. The van der Waals surface area contributed by atoms with Gasteiger partial charge >= 0.3 is 12.1 Å². The number of nitrogens with zero attached hydrogens (tertiary/aromatic N) is 1. The lowest BCUT2D eigenvalue weighted by atomic mass is 9.90. The zero-order valence-electron chi connectivity index (χ0n) is 17.1. The number of aliphatic carboxylic acids is 1. The van der Waals surface area contributed by atoms with E-state index in [-0.39, 0.29) is 18.5 Å². The van der Waals surface area contributed by atoms with Crippen molar-refractivity contribution in [3.05, 3.63) is 29.6 Å². The van der Waals surface area contributed by atoms with Crippen LogP contribution in [0.5, 0.6) is 0 Å². The summed E-state index contributed by atoms with van der Waals surface area (Å²) in [5.41, 5.74) is 0.226. The van der Waals surface area contributed by atoms with Crippen LogP contribution in [0, 0.1) is 17.7 Å². The first kappa shape index (κ1) is 24.1. The molecule has 1 aliphatic rings. The highest BCUT2D eigenvalue weighted by atomic mass is 19.4. The Labute approximate surface area is 173 Å². The van der Waals surface area contributed by atoms with Gasteiger partial charge in [-0.2, -0.15) is 13.2 Å². The molecule has 0 aromatic heterocycles. The lowest BCUT2D eigenvalue weighted by Gasteiger charge is -2.39. The molecule has 2 atom stereocenters. The van der Waals surface area contributed by atoms with Crippen molar-refractivity contribution in [2.24, 2.45) is 11.8 Å². The maximum absolute atomic E-state index is 14.2. The number of amides is 1. The Balaban J connectivity index is 2.22. The van der Waals surface area contributed by atoms with Crippen molar-refractivity contribution in [2.75, 3.05) is 18.4 Å². The topological polar surface area (TPSA) is 69.6 Å². The number of aryl methyl sites for hydroxylation is 1. The van der Waals surface area contributed by atoms with E-state index in [1.165, 1.54) is 17.0 Å². The lowest BCUT2D eigenvalue weighted by Crippen LogP contribution is -2.54. The Hall–Kier alpha value is -2.16. The zero-order chi connectivity index (χ0) is 22.5. The molecular formula is C21H28F4N2O3. The van der Waals surface area contributed by atoms with Crippen molar-refractivity contribution in [3.63, 3.8) is 0 Å². The maximum atomic E-state index is 14.2. The molecule has 0 saturated carbocycles. The van der Waals surface area contributed by atoms with Crippen LogP contribution >= 0.6 is 0 Å². The second kappa shape index (κ2) is 10.2. The van der Waals surface area contributed by atoms with E-state index in [9.17, 15) is 27.2 Å². The average molecular weight is 432 g/mol. The Bertz CT molecular complexity index is 746. The second-order valence-electron chi connectivity index (χ2n) is 7.86. The molecule has 168 valence electrons. The van der Waals surface area contributed by atoms with Crippen LogP contribution in [0.15, 0.2) is 18.2 Å². The molecule has 1 fully saturated rings. The highest BCUT2D eigenvalue weighted by Gasteiger charge is 2.47. The van der Waals surface area contributed by atoms with Gasteiger partial charge in [-0.05, 0) is 56.0 Å². The predicted molar refractivity (Wildman–Crippen MR) is 105 cm³/mol. The van der Waals surface area contributed by atoms with E-state index in [2.05, 4.69) is 5.32 Å². The first-order valence-electron chi connectivity index (χ1n) is 10.1. The summed E-state index contributed by atoms with van der Waals surface area (Å²) in [5.74, 6) is -4.22. The van der Waals surface area contributed by atoms with Gasteiger partial charge in [-0.15, -0.1) is 0 Å². The van der Waals surface area contributed by atoms with Gasteiger partial charge in [-0.1, -0.05) is 26.3 Å². The van der Waals surface area contributed by atoms with Gasteiger partial charge in [0.25, 0.3) is 0 Å². The second-order valence-corrected chi connectivity index (χ2v) is 7.86. The summed E-state index contributed by atoms with van der Waals surface area (Å²) in [5, 5.41) is 11.1. The molecule has 1 amide bonds. The van der Waals surface area contributed by atoms with Gasteiger partial charge in [0.1, 0.15) is 11.9 Å². The van der Waals surface area contributed by atoms with Gasteiger partial charge in [-0.25, -0.2) is 4.39 Å². The summed E-state index contributed by atoms with van der Waals surface area (Å²) in [6, 6.07) is 2.26. The molecule has 1 saturated heterocycles. The van der Waals surface area contributed by atoms with Crippen molar-refractivity contribution in [1.82, 2.24) is 4.90 Å². The molecule has 30 heavy (non-hydrogen) atoms. The largest absolute Gasteiger partial charge is 0.481 e. The number of likely N-dealkylation sites (tertiary alicyclic amines) is 1. The molecule has 1 aromatic rings. The Kier molecular flexibility index (Phi) is 8.23. The molecule has 9 heteroatoms. The van der Waals surface area contributed by atoms with E-state index in [1.807, 2.05) is 6.92 Å². The van der Waals surface area contributed by atoms with Crippen LogP contribution < -0.4 is 5.32 Å². The number of hydrogen-bond acceptors (Lipinski definition) is 3. The van der Waals surface area contributed by atoms with Crippen molar-refractivity contribution in [2.45, 2.75) is 58.2 Å². The standard InChI is InChI=1S/C21H28F4N2O3/c1-3-14-8-10-27(11-9-14)19(13(2)21(23,24)25)20(30)26-17-12-15(4-6-16(17)22)5-7-18(28)29/h4,6,12-14,19H,3,5,7-11H2,1-2H3,(H,26,30)(H,28,29)/t13?,19-/m0/s1. The fourth-order valence-electron chi connectivity index (χ4n) is 3.81. The van der Waals surface area contributed by atoms with Gasteiger partial charge < -0.3 is 10.4 Å². The van der Waals surface area contributed by atoms with E-state index >= 15 is 0 Å². The van der Waals surface area contributed by atoms with Gasteiger partial charge in [0.15, 0.2) is 0 Å². The number of hydrogen-bond donors (Lipinski definition) is 2. The van der Waals surface area contributed by atoms with Gasteiger partial charge in [0.2, 0.25) is 5.91 Å². The number of carbonyl (C=O) groups is 2. The summed E-state index contributed by atoms with van der Waals surface area (Å²) in [6.45, 7) is 3.75. The van der Waals surface area contributed by atoms with E-state index < -0.39 is 35.8 Å².